The van der Waals surface area contributed by atoms with Crippen molar-refractivity contribution in [2.75, 3.05) is 19.8 Å². The van der Waals surface area contributed by atoms with Gasteiger partial charge < -0.3 is 9.64 Å². The first-order chi connectivity index (χ1) is 16.6. The van der Waals surface area contributed by atoms with Gasteiger partial charge in [-0.3, -0.25) is 9.59 Å². The molecule has 0 N–H and O–H groups in total. The van der Waals surface area contributed by atoms with Crippen LogP contribution in [0.5, 0.6) is 5.75 Å². The van der Waals surface area contributed by atoms with Crippen molar-refractivity contribution in [3.63, 3.8) is 0 Å². The summed E-state index contributed by atoms with van der Waals surface area (Å²) >= 11 is 0. The van der Waals surface area contributed by atoms with Crippen LogP contribution < -0.4 is 4.74 Å². The average molecular weight is 488 g/mol. The molecule has 1 aliphatic heterocycles. The molecule has 2 unspecified atom stereocenters. The maximum Gasteiger partial charge on any atom is 0.254 e. The molecule has 1 amide bonds. The van der Waals surface area contributed by atoms with Crippen molar-refractivity contribution >= 4 is 11.7 Å². The van der Waals surface area contributed by atoms with Crippen LogP contribution >= 0.6 is 0 Å². The lowest BCUT2D eigenvalue weighted by molar-refractivity contribution is -0.124. The van der Waals surface area contributed by atoms with Gasteiger partial charge in [0.05, 0.1) is 0 Å². The number of amides is 1. The molecule has 2 atom stereocenters. The van der Waals surface area contributed by atoms with E-state index in [1.54, 1.807) is 12.1 Å². The fraction of sp³-hybridized carbons (Fsp3) is 0.517. The number of rotatable bonds is 8. The molecule has 3 rings (SSSR count). The van der Waals surface area contributed by atoms with Gasteiger partial charge in [-0.2, -0.15) is 0 Å². The largest absolute Gasteiger partial charge is 0.487 e. The number of benzene rings is 2. The second-order valence-corrected chi connectivity index (χ2v) is 9.58. The van der Waals surface area contributed by atoms with Crippen LogP contribution in [0.15, 0.2) is 48.5 Å². The van der Waals surface area contributed by atoms with Gasteiger partial charge in [0.1, 0.15) is 24.3 Å². The topological polar surface area (TPSA) is 46.6 Å². The van der Waals surface area contributed by atoms with Crippen LogP contribution in [0, 0.1) is 19.8 Å². The number of carbonyl (C=O) groups is 2. The number of hydrogen-bond donors (Lipinski definition) is 0. The van der Waals surface area contributed by atoms with E-state index in [0.717, 1.165) is 36.0 Å². The number of ether oxygens (including phenoxy) is 1. The van der Waals surface area contributed by atoms with E-state index in [1.165, 1.54) is 13.8 Å². The highest BCUT2D eigenvalue weighted by Gasteiger charge is 2.33. The average Bonchev–Trinajstić information content (AvgIpc) is 2.86. The number of aryl methyl sites for hydroxylation is 2. The zero-order valence-electron chi connectivity index (χ0n) is 21.7. The molecule has 4 nitrogen and oxygen atoms in total. The lowest BCUT2D eigenvalue weighted by Crippen LogP contribution is -2.40. The molecule has 0 radical (unpaired) electrons. The van der Waals surface area contributed by atoms with Gasteiger partial charge in [-0.05, 0) is 70.7 Å². The lowest BCUT2D eigenvalue weighted by Gasteiger charge is -2.31. The Hall–Kier alpha value is -2.76. The fourth-order valence-electron chi connectivity index (χ4n) is 3.89. The molecule has 0 bridgehead atoms. The first-order valence-corrected chi connectivity index (χ1v) is 12.4. The Kier molecular flexibility index (Phi) is 10.9. The monoisotopic (exact) mass is 487 g/mol. The zero-order valence-corrected chi connectivity index (χ0v) is 21.7. The van der Waals surface area contributed by atoms with E-state index >= 15 is 0 Å². The number of carbonyl (C=O) groups excluding carboxylic acids is 2. The molecular formula is C29H39F2NO3. The fourth-order valence-corrected chi connectivity index (χ4v) is 3.89. The minimum atomic E-state index is -1.94. The summed E-state index contributed by atoms with van der Waals surface area (Å²) in [6.45, 7) is 9.04. The normalized spacial score (nSPS) is 16.5. The van der Waals surface area contributed by atoms with E-state index < -0.39 is 18.4 Å². The van der Waals surface area contributed by atoms with E-state index in [9.17, 15) is 18.4 Å². The molecule has 0 spiro atoms. The Balaban J connectivity index is 0.000000258. The van der Waals surface area contributed by atoms with Gasteiger partial charge in [-0.1, -0.05) is 42.8 Å². The third-order valence-corrected chi connectivity index (χ3v) is 6.55. The molecule has 6 heteroatoms. The summed E-state index contributed by atoms with van der Waals surface area (Å²) in [7, 11) is 0. The van der Waals surface area contributed by atoms with Crippen molar-refractivity contribution < 1.29 is 23.1 Å². The van der Waals surface area contributed by atoms with Crippen molar-refractivity contribution in [3.8, 4) is 5.75 Å². The smallest absolute Gasteiger partial charge is 0.254 e. The van der Waals surface area contributed by atoms with Crippen LogP contribution in [-0.4, -0.2) is 48.1 Å². The van der Waals surface area contributed by atoms with Crippen LogP contribution in [0.1, 0.15) is 67.9 Å². The molecule has 2 aromatic carbocycles. The molecule has 1 fully saturated rings. The van der Waals surface area contributed by atoms with Gasteiger partial charge in [0.2, 0.25) is 0 Å². The van der Waals surface area contributed by atoms with E-state index in [4.69, 9.17) is 4.74 Å². The highest BCUT2D eigenvalue weighted by molar-refractivity contribution is 5.95. The van der Waals surface area contributed by atoms with Crippen molar-refractivity contribution in [1.82, 2.24) is 4.90 Å². The molecule has 0 saturated carbocycles. The van der Waals surface area contributed by atoms with Gasteiger partial charge >= 0.3 is 0 Å². The third-order valence-electron chi connectivity index (χ3n) is 6.55. The summed E-state index contributed by atoms with van der Waals surface area (Å²) < 4.78 is 31.1. The highest BCUT2D eigenvalue weighted by atomic mass is 19.2. The van der Waals surface area contributed by atoms with E-state index in [-0.39, 0.29) is 11.8 Å². The number of halogens is 2. The molecule has 35 heavy (non-hydrogen) atoms. The summed E-state index contributed by atoms with van der Waals surface area (Å²) in [4.78, 5) is 26.2. The van der Waals surface area contributed by atoms with Crippen molar-refractivity contribution in [1.29, 1.82) is 0 Å². The summed E-state index contributed by atoms with van der Waals surface area (Å²) in [5.74, 6) is 1.20. The number of alkyl halides is 2. The number of ketones is 1. The number of nitrogens with zero attached hydrogens (tertiary/aromatic N) is 1. The number of piperidine rings is 1. The van der Waals surface area contributed by atoms with Gasteiger partial charge in [-0.25, -0.2) is 8.78 Å². The van der Waals surface area contributed by atoms with Crippen LogP contribution in [0.3, 0.4) is 0 Å². The molecule has 1 aliphatic rings. The minimum absolute atomic E-state index is 0.101. The third kappa shape index (κ3) is 8.44. The standard InChI is InChI=1S/C17H23NO2.C12H16F2O/c1-3-6-16(19)14-9-11-18(12-10-14)17(20)15-8-5-4-7-13(15)2;1-9-4-6-11(7-5-9)15-10(2)12(3,14)8-13/h4-5,7-8,14H,3,6,9-12H2,1-2H3;4-7,10H,8H2,1-3H3. The second-order valence-electron chi connectivity index (χ2n) is 9.58. The lowest BCUT2D eigenvalue weighted by atomic mass is 9.90. The van der Waals surface area contributed by atoms with Crippen LogP contribution in [0.25, 0.3) is 0 Å². The Morgan fingerprint density at radius 3 is 2.23 bits per heavy atom. The molecule has 2 aromatic rings. The minimum Gasteiger partial charge on any atom is -0.487 e. The maximum atomic E-state index is 13.5. The SMILES string of the molecule is CCCC(=O)C1CCN(C(=O)c2ccccc2C)CC1.Cc1ccc(OC(C)C(C)(F)CF)cc1. The summed E-state index contributed by atoms with van der Waals surface area (Å²) in [6.07, 6.45) is 2.43. The second kappa shape index (κ2) is 13.4. The summed E-state index contributed by atoms with van der Waals surface area (Å²) in [5, 5.41) is 0. The quantitative estimate of drug-likeness (QED) is 0.417. The van der Waals surface area contributed by atoms with Gasteiger partial charge in [-0.15, -0.1) is 0 Å². The predicted molar refractivity (Wildman–Crippen MR) is 136 cm³/mol. The molecule has 1 saturated heterocycles. The molecular weight excluding hydrogens is 448 g/mol. The summed E-state index contributed by atoms with van der Waals surface area (Å²) in [6, 6.07) is 14.9. The van der Waals surface area contributed by atoms with Crippen molar-refractivity contribution in [2.45, 2.75) is 72.1 Å². The molecule has 192 valence electrons. The Morgan fingerprint density at radius 1 is 1.09 bits per heavy atom. The van der Waals surface area contributed by atoms with Crippen LogP contribution in [0.4, 0.5) is 8.78 Å². The van der Waals surface area contributed by atoms with Crippen molar-refractivity contribution in [2.24, 2.45) is 5.92 Å². The Bertz CT molecular complexity index is 951. The van der Waals surface area contributed by atoms with E-state index in [1.807, 2.05) is 62.1 Å². The Morgan fingerprint density at radius 2 is 1.69 bits per heavy atom. The number of hydrogen-bond acceptors (Lipinski definition) is 3. The van der Waals surface area contributed by atoms with Gasteiger partial charge in [0.15, 0.2) is 5.67 Å². The molecule has 1 heterocycles. The van der Waals surface area contributed by atoms with Gasteiger partial charge in [0.25, 0.3) is 5.91 Å². The predicted octanol–water partition coefficient (Wildman–Crippen LogP) is 6.68. The Labute approximate surface area is 208 Å². The zero-order chi connectivity index (χ0) is 26.0. The van der Waals surface area contributed by atoms with Crippen LogP contribution in [-0.2, 0) is 4.79 Å². The maximum absolute atomic E-state index is 13.5. The van der Waals surface area contributed by atoms with Crippen LogP contribution in [0.2, 0.25) is 0 Å². The first-order valence-electron chi connectivity index (χ1n) is 12.4. The van der Waals surface area contributed by atoms with Gasteiger partial charge in [0, 0.05) is 31.0 Å². The van der Waals surface area contributed by atoms with E-state index in [2.05, 4.69) is 0 Å². The molecule has 0 aromatic heterocycles. The number of likely N-dealkylation sites (tertiary alicyclic amines) is 1. The molecule has 0 aliphatic carbocycles. The van der Waals surface area contributed by atoms with E-state index in [0.29, 0.717) is 31.0 Å². The highest BCUT2D eigenvalue weighted by Crippen LogP contribution is 2.23. The van der Waals surface area contributed by atoms with Crippen molar-refractivity contribution in [3.05, 3.63) is 65.2 Å². The summed E-state index contributed by atoms with van der Waals surface area (Å²) in [5.41, 5.74) is 0.959. The number of Topliss-reactive ketones (excluding diaryl/α,β-unsaturated/α-hetero) is 1. The first kappa shape index (κ1) is 28.5.